The molecule has 2 N–H and O–H groups in total. The molecule has 0 spiro atoms. The summed E-state index contributed by atoms with van der Waals surface area (Å²) in [7, 11) is 3.22. The molecule has 0 bridgehead atoms. The number of carbonyl (C=O) groups excluding carboxylic acids is 2. The van der Waals surface area contributed by atoms with Gasteiger partial charge in [-0.1, -0.05) is 56.3 Å². The molecule has 0 aromatic heterocycles. The van der Waals surface area contributed by atoms with E-state index in [1.165, 1.54) is 0 Å². The van der Waals surface area contributed by atoms with Gasteiger partial charge in [-0.3, -0.25) is 9.59 Å². The molecule has 0 saturated heterocycles. The molecule has 7 heteroatoms. The van der Waals surface area contributed by atoms with E-state index in [4.69, 9.17) is 9.47 Å². The van der Waals surface area contributed by atoms with Gasteiger partial charge in [-0.05, 0) is 41.7 Å². The Labute approximate surface area is 229 Å². The predicted octanol–water partition coefficient (Wildman–Crippen LogP) is 5.64. The highest BCUT2D eigenvalue weighted by atomic mass is 16.5. The number of amides is 1. The van der Waals surface area contributed by atoms with Gasteiger partial charge < -0.3 is 25.0 Å². The first-order valence-corrected chi connectivity index (χ1v) is 13.2. The Balaban J connectivity index is 1.63. The van der Waals surface area contributed by atoms with E-state index in [1.54, 1.807) is 14.2 Å². The Morgan fingerprint density at radius 3 is 2.49 bits per heavy atom. The highest BCUT2D eigenvalue weighted by molar-refractivity contribution is 6.02. The molecule has 1 amide bonds. The number of anilines is 2. The largest absolute Gasteiger partial charge is 0.497 e. The van der Waals surface area contributed by atoms with Crippen molar-refractivity contribution < 1.29 is 19.1 Å². The minimum Gasteiger partial charge on any atom is -0.497 e. The first-order valence-electron chi connectivity index (χ1n) is 13.2. The normalized spacial score (nSPS) is 17.9. The number of ketones is 1. The third-order valence-corrected chi connectivity index (χ3v) is 7.39. The highest BCUT2D eigenvalue weighted by Crippen LogP contribution is 2.49. The molecule has 0 radical (unpaired) electrons. The highest BCUT2D eigenvalue weighted by Gasteiger charge is 2.42. The fourth-order valence-electron chi connectivity index (χ4n) is 5.60. The van der Waals surface area contributed by atoms with Crippen molar-refractivity contribution in [1.29, 1.82) is 0 Å². The van der Waals surface area contributed by atoms with E-state index in [9.17, 15) is 9.59 Å². The van der Waals surface area contributed by atoms with Gasteiger partial charge in [-0.2, -0.15) is 0 Å². The summed E-state index contributed by atoms with van der Waals surface area (Å²) in [6.45, 7) is 4.71. The molecule has 39 heavy (non-hydrogen) atoms. The number of para-hydroxylation sites is 2. The molecule has 1 unspecified atom stereocenters. The number of hydrogen-bond acceptors (Lipinski definition) is 6. The molecular weight excluding hydrogens is 490 g/mol. The maximum atomic E-state index is 13.9. The summed E-state index contributed by atoms with van der Waals surface area (Å²) in [6, 6.07) is 22.8. The first-order chi connectivity index (χ1) is 18.8. The molecule has 202 valence electrons. The minimum atomic E-state index is -0.539. The van der Waals surface area contributed by atoms with Crippen LogP contribution in [0.3, 0.4) is 0 Å². The summed E-state index contributed by atoms with van der Waals surface area (Å²) in [5.41, 5.74) is 4.90. The summed E-state index contributed by atoms with van der Waals surface area (Å²) in [6.07, 6.45) is 1.14. The lowest BCUT2D eigenvalue weighted by Gasteiger charge is -2.38. The van der Waals surface area contributed by atoms with Crippen LogP contribution in [-0.2, 0) is 16.1 Å². The van der Waals surface area contributed by atoms with Crippen LogP contribution < -0.4 is 25.0 Å². The fourth-order valence-corrected chi connectivity index (χ4v) is 5.60. The van der Waals surface area contributed by atoms with Gasteiger partial charge in [0.05, 0.1) is 38.2 Å². The molecular formula is C32H35N3O4. The van der Waals surface area contributed by atoms with E-state index >= 15 is 0 Å². The van der Waals surface area contributed by atoms with Gasteiger partial charge in [0.2, 0.25) is 5.91 Å². The van der Waals surface area contributed by atoms with Crippen LogP contribution in [0.4, 0.5) is 11.4 Å². The lowest BCUT2D eigenvalue weighted by atomic mass is 9.73. The van der Waals surface area contributed by atoms with Gasteiger partial charge in [-0.15, -0.1) is 0 Å². The van der Waals surface area contributed by atoms with Gasteiger partial charge in [-0.25, -0.2) is 0 Å². The lowest BCUT2D eigenvalue weighted by molar-refractivity contribution is -0.121. The van der Waals surface area contributed by atoms with Crippen LogP contribution in [0, 0.1) is 5.41 Å². The van der Waals surface area contributed by atoms with E-state index in [2.05, 4.69) is 24.5 Å². The van der Waals surface area contributed by atoms with Crippen LogP contribution in [0.5, 0.6) is 11.5 Å². The van der Waals surface area contributed by atoms with Crippen LogP contribution in [-0.4, -0.2) is 32.5 Å². The average Bonchev–Trinajstić information content (AvgIpc) is 3.05. The smallest absolute Gasteiger partial charge is 0.239 e. The van der Waals surface area contributed by atoms with E-state index in [0.717, 1.165) is 28.2 Å². The third kappa shape index (κ3) is 5.48. The second-order valence-corrected chi connectivity index (χ2v) is 10.9. The molecule has 2 aliphatic rings. The van der Waals surface area contributed by atoms with Crippen molar-refractivity contribution in [2.24, 2.45) is 5.41 Å². The van der Waals surface area contributed by atoms with Gasteiger partial charge in [0.25, 0.3) is 0 Å². The predicted molar refractivity (Wildman–Crippen MR) is 153 cm³/mol. The third-order valence-electron chi connectivity index (χ3n) is 7.39. The summed E-state index contributed by atoms with van der Waals surface area (Å²) in [5.74, 6) is 1.18. The number of allylic oxidation sites excluding steroid dienone is 1. The van der Waals surface area contributed by atoms with E-state index in [-0.39, 0.29) is 23.7 Å². The first kappa shape index (κ1) is 26.4. The molecule has 1 aliphatic carbocycles. The average molecular weight is 526 g/mol. The molecule has 0 fully saturated rings. The van der Waals surface area contributed by atoms with Crippen molar-refractivity contribution in [3.8, 4) is 11.5 Å². The molecule has 1 heterocycles. The Morgan fingerprint density at radius 2 is 1.74 bits per heavy atom. The number of nitrogens with one attached hydrogen (secondary N) is 2. The molecule has 1 aliphatic heterocycles. The summed E-state index contributed by atoms with van der Waals surface area (Å²) >= 11 is 0. The van der Waals surface area contributed by atoms with Crippen LogP contribution in [0.2, 0.25) is 0 Å². The van der Waals surface area contributed by atoms with Crippen LogP contribution in [0.25, 0.3) is 0 Å². The lowest BCUT2D eigenvalue weighted by Crippen LogP contribution is -2.42. The van der Waals surface area contributed by atoms with E-state index in [0.29, 0.717) is 36.5 Å². The zero-order valence-corrected chi connectivity index (χ0v) is 22.9. The quantitative estimate of drug-likeness (QED) is 0.416. The summed E-state index contributed by atoms with van der Waals surface area (Å²) in [5, 5.41) is 6.65. The number of carbonyl (C=O) groups is 2. The van der Waals surface area contributed by atoms with Gasteiger partial charge in [0.15, 0.2) is 5.78 Å². The summed E-state index contributed by atoms with van der Waals surface area (Å²) in [4.78, 5) is 29.4. The Hall–Kier alpha value is -4.26. The Kier molecular flexibility index (Phi) is 7.33. The number of fused-ring (bicyclic) bond motifs is 1. The van der Waals surface area contributed by atoms with Crippen molar-refractivity contribution in [1.82, 2.24) is 5.32 Å². The number of ether oxygens (including phenoxy) is 2. The van der Waals surface area contributed by atoms with Gasteiger partial charge >= 0.3 is 0 Å². The summed E-state index contributed by atoms with van der Waals surface area (Å²) < 4.78 is 11.3. The van der Waals surface area contributed by atoms with Crippen molar-refractivity contribution in [3.05, 3.63) is 95.2 Å². The molecule has 5 rings (SSSR count). The van der Waals surface area contributed by atoms with Crippen molar-refractivity contribution in [2.75, 3.05) is 31.0 Å². The maximum Gasteiger partial charge on any atom is 0.239 e. The van der Waals surface area contributed by atoms with Crippen LogP contribution >= 0.6 is 0 Å². The van der Waals surface area contributed by atoms with Gasteiger partial charge in [0, 0.05) is 35.9 Å². The van der Waals surface area contributed by atoms with Gasteiger partial charge in [0.1, 0.15) is 11.5 Å². The number of nitrogens with zero attached hydrogens (tertiary/aromatic N) is 1. The molecule has 3 aromatic carbocycles. The number of hydrogen-bond donors (Lipinski definition) is 2. The Bertz CT molecular complexity index is 1410. The van der Waals surface area contributed by atoms with E-state index < -0.39 is 6.04 Å². The zero-order chi connectivity index (χ0) is 27.6. The fraction of sp³-hybridized carbons (Fsp3) is 0.312. The molecule has 0 saturated carbocycles. The van der Waals surface area contributed by atoms with Crippen LogP contribution in [0.1, 0.15) is 43.9 Å². The number of benzene rings is 3. The maximum absolute atomic E-state index is 13.9. The van der Waals surface area contributed by atoms with Crippen molar-refractivity contribution >= 4 is 23.1 Å². The number of methoxy groups -OCH3 is 2. The number of rotatable bonds is 7. The zero-order valence-electron chi connectivity index (χ0n) is 22.9. The minimum absolute atomic E-state index is 0.0544. The molecule has 1 atom stereocenters. The monoisotopic (exact) mass is 525 g/mol. The van der Waals surface area contributed by atoms with Crippen LogP contribution in [0.15, 0.2) is 84.1 Å². The van der Waals surface area contributed by atoms with Crippen molar-refractivity contribution in [3.63, 3.8) is 0 Å². The second-order valence-electron chi connectivity index (χ2n) is 10.9. The molecule has 3 aromatic rings. The van der Waals surface area contributed by atoms with E-state index in [1.807, 2.05) is 77.7 Å². The van der Waals surface area contributed by atoms with Crippen molar-refractivity contribution in [2.45, 2.75) is 39.3 Å². The molecule has 7 nitrogen and oxygen atoms in total. The standard InChI is InChI=1S/C32H35N3O4/c1-32(2)17-25-30(27(36)18-32)31(23-15-14-22(38-3)16-28(23)39-4)35(26-13-9-8-12-24(26)34-25)20-29(37)33-19-21-10-6-5-7-11-21/h5-16,31,34H,17-20H2,1-4H3,(H,33,37). The second kappa shape index (κ2) is 10.8. The topological polar surface area (TPSA) is 79.9 Å². The SMILES string of the molecule is COc1ccc(C2C3=C(CC(C)(C)CC3=O)Nc3ccccc3N2CC(=O)NCc2ccccc2)c(OC)c1. The Morgan fingerprint density at radius 1 is 1.00 bits per heavy atom. The number of Topliss-reactive ketones (excluding diaryl/α,β-unsaturated/α-hetero) is 1.